The highest BCUT2D eigenvalue weighted by Crippen LogP contribution is 2.32. The Hall–Kier alpha value is -4.14. The molecule has 8 heteroatoms. The Morgan fingerprint density at radius 1 is 1.00 bits per heavy atom. The van der Waals surface area contributed by atoms with Crippen LogP contribution >= 0.6 is 23.5 Å². The number of carboxylic acids is 1. The van der Waals surface area contributed by atoms with Crippen molar-refractivity contribution < 1.29 is 19.1 Å². The van der Waals surface area contributed by atoms with Gasteiger partial charge in [0, 0.05) is 16.2 Å². The van der Waals surface area contributed by atoms with Gasteiger partial charge in [0.05, 0.1) is 16.5 Å². The number of nitrogens with zero attached hydrogens (tertiary/aromatic N) is 1. The molecule has 0 radical (unpaired) electrons. The Labute approximate surface area is 253 Å². The highest BCUT2D eigenvalue weighted by atomic mass is 32.2. The van der Waals surface area contributed by atoms with E-state index in [1.54, 1.807) is 23.9 Å². The molecular weight excluding hydrogens is 568 g/mol. The summed E-state index contributed by atoms with van der Waals surface area (Å²) in [5.74, 6) is -1.93. The smallest absolute Gasteiger partial charge is 0.311 e. The molecule has 1 aliphatic heterocycles. The predicted octanol–water partition coefficient (Wildman–Crippen LogP) is 8.64. The average Bonchev–Trinajstić information content (AvgIpc) is 3.34. The third-order valence-electron chi connectivity index (χ3n) is 6.76. The zero-order valence-corrected chi connectivity index (χ0v) is 24.6. The number of carboxylic acid groups (broad SMARTS) is 1. The summed E-state index contributed by atoms with van der Waals surface area (Å²) in [5.41, 5.74) is 4.80. The van der Waals surface area contributed by atoms with Crippen molar-refractivity contribution in [3.05, 3.63) is 124 Å². The minimum absolute atomic E-state index is 0.137. The predicted molar refractivity (Wildman–Crippen MR) is 170 cm³/mol. The van der Waals surface area contributed by atoms with Crippen LogP contribution in [0.25, 0.3) is 17.2 Å². The summed E-state index contributed by atoms with van der Waals surface area (Å²) in [4.78, 5) is 30.2. The van der Waals surface area contributed by atoms with Crippen molar-refractivity contribution in [3.63, 3.8) is 0 Å². The lowest BCUT2D eigenvalue weighted by Crippen LogP contribution is -2.19. The van der Waals surface area contributed by atoms with Gasteiger partial charge in [-0.2, -0.15) is 0 Å². The molecule has 4 aromatic rings. The first-order valence-corrected chi connectivity index (χ1v) is 15.4. The number of carbonyl (C=O) groups excluding carboxylic acids is 1. The lowest BCUT2D eigenvalue weighted by molar-refractivity contribution is -0.139. The topological polar surface area (TPSA) is 78.8 Å². The maximum atomic E-state index is 14.7. The Morgan fingerprint density at radius 2 is 1.69 bits per heavy atom. The lowest BCUT2D eigenvalue weighted by Gasteiger charge is -2.12. The number of amides is 1. The third kappa shape index (κ3) is 7.38. The first-order valence-electron chi connectivity index (χ1n) is 13.6. The number of benzene rings is 4. The molecule has 1 saturated heterocycles. The molecule has 1 fully saturated rings. The quantitative estimate of drug-likeness (QED) is 0.142. The molecule has 0 spiro atoms. The van der Waals surface area contributed by atoms with Gasteiger partial charge in [-0.3, -0.25) is 9.59 Å². The number of carbonyl (C=O) groups is 2. The summed E-state index contributed by atoms with van der Waals surface area (Å²) in [6, 6.07) is 31.1. The molecule has 1 atom stereocenters. The van der Waals surface area contributed by atoms with Crippen molar-refractivity contribution in [1.82, 2.24) is 5.32 Å². The summed E-state index contributed by atoms with van der Waals surface area (Å²) < 4.78 is 14.7. The number of halogens is 1. The van der Waals surface area contributed by atoms with Crippen LogP contribution in [0.5, 0.6) is 0 Å². The van der Waals surface area contributed by atoms with E-state index < -0.39 is 17.7 Å². The second kappa shape index (κ2) is 13.7. The zero-order chi connectivity index (χ0) is 29.5. The van der Waals surface area contributed by atoms with E-state index in [1.807, 2.05) is 37.3 Å². The number of hydrogen-bond donors (Lipinski definition) is 2. The molecule has 212 valence electrons. The number of thioether (sulfide) groups is 2. The van der Waals surface area contributed by atoms with E-state index >= 15 is 0 Å². The van der Waals surface area contributed by atoms with Crippen LogP contribution < -0.4 is 5.32 Å². The van der Waals surface area contributed by atoms with E-state index in [-0.39, 0.29) is 11.5 Å². The lowest BCUT2D eigenvalue weighted by atomic mass is 9.94. The number of aliphatic carboxylic acids is 1. The number of rotatable bonds is 10. The fraction of sp³-hybridized carbons (Fsp3) is 0.147. The largest absolute Gasteiger partial charge is 0.481 e. The van der Waals surface area contributed by atoms with Crippen LogP contribution in [-0.2, 0) is 15.3 Å². The minimum Gasteiger partial charge on any atom is -0.481 e. The van der Waals surface area contributed by atoms with Crippen LogP contribution in [0.2, 0.25) is 0 Å². The highest BCUT2D eigenvalue weighted by Gasteiger charge is 2.25. The Balaban J connectivity index is 1.23. The minimum atomic E-state index is -1.05. The maximum Gasteiger partial charge on any atom is 0.311 e. The van der Waals surface area contributed by atoms with Crippen molar-refractivity contribution in [2.75, 3.05) is 0 Å². The van der Waals surface area contributed by atoms with E-state index in [2.05, 4.69) is 58.8 Å². The molecule has 0 aliphatic carbocycles. The number of hydrogen-bond acceptors (Lipinski definition) is 5. The zero-order valence-electron chi connectivity index (χ0n) is 22.9. The molecule has 4 aromatic carbocycles. The maximum absolute atomic E-state index is 14.7. The Morgan fingerprint density at radius 3 is 2.33 bits per heavy atom. The third-order valence-corrected chi connectivity index (χ3v) is 8.75. The second-order valence-corrected chi connectivity index (χ2v) is 11.9. The summed E-state index contributed by atoms with van der Waals surface area (Å²) >= 11 is 2.98. The molecule has 1 unspecified atom stereocenters. The van der Waals surface area contributed by atoms with E-state index in [0.717, 1.165) is 22.4 Å². The van der Waals surface area contributed by atoms with Crippen LogP contribution in [0, 0.1) is 5.82 Å². The van der Waals surface area contributed by atoms with Gasteiger partial charge >= 0.3 is 5.97 Å². The van der Waals surface area contributed by atoms with Gasteiger partial charge in [0.2, 0.25) is 0 Å². The van der Waals surface area contributed by atoms with Gasteiger partial charge < -0.3 is 10.4 Å². The Kier molecular flexibility index (Phi) is 9.56. The summed E-state index contributed by atoms with van der Waals surface area (Å²) in [6.45, 7) is 1.86. The molecule has 0 bridgehead atoms. The van der Waals surface area contributed by atoms with E-state index in [1.165, 1.54) is 34.4 Å². The highest BCUT2D eigenvalue weighted by molar-refractivity contribution is 8.18. The fourth-order valence-corrected chi connectivity index (χ4v) is 6.27. The summed E-state index contributed by atoms with van der Waals surface area (Å²) in [6.07, 6.45) is 2.77. The van der Waals surface area contributed by atoms with Gasteiger partial charge in [-0.15, -0.1) is 11.8 Å². The van der Waals surface area contributed by atoms with Gasteiger partial charge in [-0.25, -0.2) is 9.38 Å². The number of nitrogens with one attached hydrogen (secondary N) is 1. The van der Waals surface area contributed by atoms with Gasteiger partial charge in [0.25, 0.3) is 5.91 Å². The van der Waals surface area contributed by atoms with Crippen molar-refractivity contribution >= 4 is 52.3 Å². The molecule has 5 nitrogen and oxygen atoms in total. The molecule has 0 saturated carbocycles. The monoisotopic (exact) mass is 596 g/mol. The SMILES string of the molecule is CCCC(C(=O)O)c1ccc(N=C2NC(=O)C(=Cc3ccc(-c4ccc(SCc5ccccc5)cc4)cc3)S2)cc1F. The normalized spacial score (nSPS) is 15.6. The Bertz CT molecular complexity index is 1640. The van der Waals surface area contributed by atoms with Gasteiger partial charge in [-0.1, -0.05) is 86.1 Å². The van der Waals surface area contributed by atoms with Crippen molar-refractivity contribution in [2.24, 2.45) is 4.99 Å². The first kappa shape index (κ1) is 29.4. The van der Waals surface area contributed by atoms with Crippen LogP contribution in [0.4, 0.5) is 10.1 Å². The number of aliphatic imine (C=N–C) groups is 1. The number of amidine groups is 1. The molecule has 1 amide bonds. The average molecular weight is 597 g/mol. The van der Waals surface area contributed by atoms with Gasteiger partial charge in [-0.05, 0) is 70.8 Å². The van der Waals surface area contributed by atoms with Crippen molar-refractivity contribution in [1.29, 1.82) is 0 Å². The van der Waals surface area contributed by atoms with Gasteiger partial charge in [0.15, 0.2) is 5.17 Å². The van der Waals surface area contributed by atoms with E-state index in [0.29, 0.717) is 28.6 Å². The molecule has 1 heterocycles. The molecule has 0 aromatic heterocycles. The molecular formula is C34H29FN2O3S2. The van der Waals surface area contributed by atoms with Crippen molar-refractivity contribution in [2.45, 2.75) is 36.3 Å². The van der Waals surface area contributed by atoms with Crippen LogP contribution in [-0.4, -0.2) is 22.2 Å². The molecule has 42 heavy (non-hydrogen) atoms. The standard InChI is InChI=1S/C34H29FN2O3S2/c1-2-6-29(33(39)40)28-18-15-26(20-30(28)35)36-34-37-32(38)31(42-34)19-22-9-11-24(12-10-22)25-13-16-27(17-14-25)41-21-23-7-4-3-5-8-23/h3-5,7-20,29H,2,6,21H2,1H3,(H,39,40)(H,36,37,38). The first-order chi connectivity index (χ1) is 20.4. The van der Waals surface area contributed by atoms with E-state index in [4.69, 9.17) is 0 Å². The summed E-state index contributed by atoms with van der Waals surface area (Å²) in [7, 11) is 0. The van der Waals surface area contributed by atoms with Gasteiger partial charge in [0.1, 0.15) is 5.82 Å². The second-order valence-electron chi connectivity index (χ2n) is 9.79. The van der Waals surface area contributed by atoms with Crippen LogP contribution in [0.15, 0.2) is 112 Å². The van der Waals surface area contributed by atoms with E-state index in [9.17, 15) is 19.1 Å². The van der Waals surface area contributed by atoms with Crippen LogP contribution in [0.3, 0.4) is 0 Å². The summed E-state index contributed by atoms with van der Waals surface area (Å²) in [5, 5.41) is 12.5. The van der Waals surface area contributed by atoms with Crippen molar-refractivity contribution in [3.8, 4) is 11.1 Å². The fourth-order valence-electron chi connectivity index (χ4n) is 4.57. The molecule has 5 rings (SSSR count). The molecule has 2 N–H and O–H groups in total. The molecule has 1 aliphatic rings. The van der Waals surface area contributed by atoms with Crippen LogP contribution in [0.1, 0.15) is 42.4 Å².